The summed E-state index contributed by atoms with van der Waals surface area (Å²) in [4.78, 5) is 11.9. The Kier molecular flexibility index (Phi) is 6.59. The average Bonchev–Trinajstić information content (AvgIpc) is 2.61. The van der Waals surface area contributed by atoms with Crippen LogP contribution in [0.3, 0.4) is 0 Å². The highest BCUT2D eigenvalue weighted by molar-refractivity contribution is 7.89. The van der Waals surface area contributed by atoms with Gasteiger partial charge in [0.05, 0.1) is 18.1 Å². The molecule has 1 aliphatic heterocycles. The molecular formula is C16H24N2O5S. The Morgan fingerprint density at radius 1 is 1.29 bits per heavy atom. The maximum atomic E-state index is 12.5. The van der Waals surface area contributed by atoms with Crippen LogP contribution in [-0.2, 0) is 19.6 Å². The van der Waals surface area contributed by atoms with E-state index in [1.54, 1.807) is 12.1 Å². The normalized spacial score (nSPS) is 17.2. The molecule has 1 N–H and O–H groups in total. The van der Waals surface area contributed by atoms with Crippen LogP contribution in [-0.4, -0.2) is 57.6 Å². The molecule has 1 atom stereocenters. The van der Waals surface area contributed by atoms with Crippen molar-refractivity contribution in [2.75, 3.05) is 32.9 Å². The molecule has 1 amide bonds. The molecule has 0 bridgehead atoms. The van der Waals surface area contributed by atoms with E-state index in [2.05, 4.69) is 5.32 Å². The van der Waals surface area contributed by atoms with Crippen molar-refractivity contribution in [3.05, 3.63) is 24.3 Å². The summed E-state index contributed by atoms with van der Waals surface area (Å²) < 4.78 is 36.9. The number of carbonyl (C=O) groups is 1. The molecule has 0 saturated carbocycles. The van der Waals surface area contributed by atoms with Gasteiger partial charge in [0.15, 0.2) is 6.61 Å². The summed E-state index contributed by atoms with van der Waals surface area (Å²) in [7, 11) is -3.51. The van der Waals surface area contributed by atoms with Gasteiger partial charge in [0, 0.05) is 19.1 Å². The second-order valence-electron chi connectivity index (χ2n) is 5.65. The number of rotatable bonds is 7. The summed E-state index contributed by atoms with van der Waals surface area (Å²) in [6.45, 7) is 5.34. The van der Waals surface area contributed by atoms with Crippen molar-refractivity contribution >= 4 is 15.9 Å². The molecule has 0 spiro atoms. The van der Waals surface area contributed by atoms with Crippen LogP contribution in [0, 0.1) is 0 Å². The molecule has 1 saturated heterocycles. The SMILES string of the molecule is CC[C@@H](C)NC(=O)COc1ccc(S(=O)(=O)N2CCOCC2)cc1. The lowest BCUT2D eigenvalue weighted by Gasteiger charge is -2.26. The molecule has 1 fully saturated rings. The van der Waals surface area contributed by atoms with Crippen molar-refractivity contribution in [3.8, 4) is 5.75 Å². The number of ether oxygens (including phenoxy) is 2. The van der Waals surface area contributed by atoms with Crippen LogP contribution in [0.2, 0.25) is 0 Å². The molecule has 2 rings (SSSR count). The van der Waals surface area contributed by atoms with Gasteiger partial charge in [0.2, 0.25) is 10.0 Å². The fourth-order valence-corrected chi connectivity index (χ4v) is 3.62. The van der Waals surface area contributed by atoms with Crippen molar-refractivity contribution in [1.29, 1.82) is 0 Å². The van der Waals surface area contributed by atoms with E-state index in [-0.39, 0.29) is 23.5 Å². The third-order valence-corrected chi connectivity index (χ3v) is 5.73. The number of nitrogens with zero attached hydrogens (tertiary/aromatic N) is 1. The molecule has 0 unspecified atom stereocenters. The molecule has 8 heteroatoms. The van der Waals surface area contributed by atoms with E-state index in [0.717, 1.165) is 6.42 Å². The summed E-state index contributed by atoms with van der Waals surface area (Å²) in [5.41, 5.74) is 0. The molecule has 1 aromatic rings. The maximum Gasteiger partial charge on any atom is 0.258 e. The third kappa shape index (κ3) is 4.93. The highest BCUT2D eigenvalue weighted by Crippen LogP contribution is 2.20. The predicted molar refractivity (Wildman–Crippen MR) is 89.4 cm³/mol. The monoisotopic (exact) mass is 356 g/mol. The molecule has 0 aliphatic carbocycles. The second kappa shape index (κ2) is 8.46. The molecule has 1 aliphatic rings. The standard InChI is InChI=1S/C16H24N2O5S/c1-3-13(2)17-16(19)12-23-14-4-6-15(7-5-14)24(20,21)18-8-10-22-11-9-18/h4-7,13H,3,8-12H2,1-2H3,(H,17,19)/t13-/m1/s1. The smallest absolute Gasteiger partial charge is 0.258 e. The predicted octanol–water partition coefficient (Wildman–Crippen LogP) is 1.00. The van der Waals surface area contributed by atoms with Crippen LogP contribution in [0.15, 0.2) is 29.2 Å². The molecule has 1 aromatic carbocycles. The minimum atomic E-state index is -3.51. The number of hydrogen-bond donors (Lipinski definition) is 1. The first-order chi connectivity index (χ1) is 11.4. The second-order valence-corrected chi connectivity index (χ2v) is 7.59. The van der Waals surface area contributed by atoms with Gasteiger partial charge in [-0.1, -0.05) is 6.92 Å². The van der Waals surface area contributed by atoms with E-state index >= 15 is 0 Å². The molecule has 0 radical (unpaired) electrons. The van der Waals surface area contributed by atoms with Crippen LogP contribution in [0.1, 0.15) is 20.3 Å². The Labute approximate surface area is 143 Å². The third-order valence-electron chi connectivity index (χ3n) is 3.82. The van der Waals surface area contributed by atoms with Crippen molar-refractivity contribution in [3.63, 3.8) is 0 Å². The summed E-state index contributed by atoms with van der Waals surface area (Å²) in [5.74, 6) is 0.254. The summed E-state index contributed by atoms with van der Waals surface area (Å²) in [5, 5.41) is 2.80. The van der Waals surface area contributed by atoms with Crippen LogP contribution < -0.4 is 10.1 Å². The van der Waals surface area contributed by atoms with Crippen molar-refractivity contribution in [1.82, 2.24) is 9.62 Å². The van der Waals surface area contributed by atoms with Crippen LogP contribution in [0.25, 0.3) is 0 Å². The molecule has 24 heavy (non-hydrogen) atoms. The number of amides is 1. The van der Waals surface area contributed by atoms with Crippen LogP contribution in [0.4, 0.5) is 0 Å². The number of carbonyl (C=O) groups excluding carboxylic acids is 1. The Morgan fingerprint density at radius 2 is 1.92 bits per heavy atom. The Balaban J connectivity index is 1.94. The van der Waals surface area contributed by atoms with E-state index < -0.39 is 10.0 Å². The van der Waals surface area contributed by atoms with Gasteiger partial charge in [-0.25, -0.2) is 8.42 Å². The van der Waals surface area contributed by atoms with E-state index in [0.29, 0.717) is 32.1 Å². The number of morpholine rings is 1. The van der Waals surface area contributed by atoms with E-state index in [9.17, 15) is 13.2 Å². The maximum absolute atomic E-state index is 12.5. The minimum absolute atomic E-state index is 0.0973. The first-order valence-corrected chi connectivity index (χ1v) is 9.47. The first-order valence-electron chi connectivity index (χ1n) is 8.03. The van der Waals surface area contributed by atoms with Gasteiger partial charge >= 0.3 is 0 Å². The summed E-state index contributed by atoms with van der Waals surface area (Å²) in [6.07, 6.45) is 0.847. The number of sulfonamides is 1. The molecule has 0 aromatic heterocycles. The fourth-order valence-electron chi connectivity index (χ4n) is 2.21. The molecule has 1 heterocycles. The van der Waals surface area contributed by atoms with Crippen molar-refractivity contribution < 1.29 is 22.7 Å². The van der Waals surface area contributed by atoms with E-state index in [1.165, 1.54) is 16.4 Å². The van der Waals surface area contributed by atoms with Crippen molar-refractivity contribution in [2.45, 2.75) is 31.2 Å². The zero-order valence-electron chi connectivity index (χ0n) is 14.0. The zero-order valence-corrected chi connectivity index (χ0v) is 14.8. The lowest BCUT2D eigenvalue weighted by Crippen LogP contribution is -2.40. The minimum Gasteiger partial charge on any atom is -0.484 e. The van der Waals surface area contributed by atoms with Crippen LogP contribution in [0.5, 0.6) is 5.75 Å². The fraction of sp³-hybridized carbons (Fsp3) is 0.562. The summed E-state index contributed by atoms with van der Waals surface area (Å²) in [6, 6.07) is 6.20. The van der Waals surface area contributed by atoms with Gasteiger partial charge in [-0.3, -0.25) is 4.79 Å². The lowest BCUT2D eigenvalue weighted by atomic mass is 10.2. The van der Waals surface area contributed by atoms with Crippen LogP contribution >= 0.6 is 0 Å². The topological polar surface area (TPSA) is 84.9 Å². The number of benzene rings is 1. The Bertz CT molecular complexity index is 639. The molecular weight excluding hydrogens is 332 g/mol. The lowest BCUT2D eigenvalue weighted by molar-refractivity contribution is -0.123. The van der Waals surface area contributed by atoms with Crippen molar-refractivity contribution in [2.24, 2.45) is 0 Å². The van der Waals surface area contributed by atoms with Gasteiger partial charge in [-0.15, -0.1) is 0 Å². The largest absolute Gasteiger partial charge is 0.484 e. The summed E-state index contributed by atoms with van der Waals surface area (Å²) >= 11 is 0. The first kappa shape index (κ1) is 18.7. The van der Waals surface area contributed by atoms with E-state index in [4.69, 9.17) is 9.47 Å². The van der Waals surface area contributed by atoms with Gasteiger partial charge in [0.25, 0.3) is 5.91 Å². The van der Waals surface area contributed by atoms with Gasteiger partial charge in [0.1, 0.15) is 5.75 Å². The van der Waals surface area contributed by atoms with Gasteiger partial charge < -0.3 is 14.8 Å². The number of hydrogen-bond acceptors (Lipinski definition) is 5. The van der Waals surface area contributed by atoms with Gasteiger partial charge in [-0.2, -0.15) is 4.31 Å². The molecule has 7 nitrogen and oxygen atoms in total. The highest BCUT2D eigenvalue weighted by atomic mass is 32.2. The van der Waals surface area contributed by atoms with E-state index in [1.807, 2.05) is 13.8 Å². The average molecular weight is 356 g/mol. The molecule has 134 valence electrons. The van der Waals surface area contributed by atoms with Gasteiger partial charge in [-0.05, 0) is 37.6 Å². The highest BCUT2D eigenvalue weighted by Gasteiger charge is 2.26. The quantitative estimate of drug-likeness (QED) is 0.788. The zero-order chi connectivity index (χ0) is 17.6. The Hall–Kier alpha value is -1.64. The Morgan fingerprint density at radius 3 is 2.50 bits per heavy atom. The number of nitrogens with one attached hydrogen (secondary N) is 1.